The average Bonchev–Trinajstić information content (AvgIpc) is 2.94. The number of thiophene rings is 1. The highest BCUT2D eigenvalue weighted by atomic mass is 32.1. The zero-order valence-corrected chi connectivity index (χ0v) is 12.7. The number of hydroxylamine groups is 2. The first-order chi connectivity index (χ1) is 10.5. The zero-order valence-electron chi connectivity index (χ0n) is 11.9. The monoisotopic (exact) mass is 318 g/mol. The molecule has 6 heteroatoms. The van der Waals surface area contributed by atoms with Gasteiger partial charge in [-0.1, -0.05) is 24.0 Å². The Kier molecular flexibility index (Phi) is 5.15. The maximum Gasteiger partial charge on any atom is 0.339 e. The lowest BCUT2D eigenvalue weighted by molar-refractivity contribution is -0.0536. The van der Waals surface area contributed by atoms with Crippen molar-refractivity contribution in [3.05, 3.63) is 57.5 Å². The van der Waals surface area contributed by atoms with Gasteiger partial charge in [0.25, 0.3) is 0 Å². The molecule has 2 amide bonds. The van der Waals surface area contributed by atoms with Crippen molar-refractivity contribution < 1.29 is 14.4 Å². The minimum absolute atomic E-state index is 0.251. The molecule has 1 atom stereocenters. The average molecular weight is 318 g/mol. The van der Waals surface area contributed by atoms with Gasteiger partial charge in [0.15, 0.2) is 0 Å². The Morgan fingerprint density at radius 2 is 2.05 bits per heavy atom. The molecule has 0 radical (unpaired) electrons. The summed E-state index contributed by atoms with van der Waals surface area (Å²) in [6.07, 6.45) is 0.704. The van der Waals surface area contributed by atoms with Crippen molar-refractivity contribution in [1.29, 1.82) is 0 Å². The molecule has 0 saturated heterocycles. The number of nitrogens with two attached hydrogens (primary N) is 1. The van der Waals surface area contributed by atoms with Gasteiger partial charge in [0, 0.05) is 11.3 Å². The van der Waals surface area contributed by atoms with E-state index in [1.807, 2.05) is 12.1 Å². The second-order valence-electron chi connectivity index (χ2n) is 4.70. The molecule has 2 rings (SSSR count). The fourth-order valence-corrected chi connectivity index (χ4v) is 2.67. The molecule has 1 heterocycles. The molecule has 0 aliphatic heterocycles. The fraction of sp³-hybridized carbons (Fsp3) is 0.188. The molecular weight excluding hydrogens is 303 g/mol. The number of carbonyl (C=O) groups excluding carboxylic acids is 1. The molecule has 0 bridgehead atoms. The van der Waals surface area contributed by atoms with E-state index in [0.29, 0.717) is 11.5 Å². The molecular formula is C16H15FN2O2S. The van der Waals surface area contributed by atoms with Crippen LogP contribution in [0.5, 0.6) is 0 Å². The SMILES string of the molecule is CC(C#Cc1ccc(Cc2ccc(F)cc2)s1)N(O)C(N)=O. The van der Waals surface area contributed by atoms with Gasteiger partial charge in [-0.3, -0.25) is 5.21 Å². The van der Waals surface area contributed by atoms with E-state index in [-0.39, 0.29) is 5.82 Å². The van der Waals surface area contributed by atoms with Crippen LogP contribution >= 0.6 is 11.3 Å². The molecule has 0 fully saturated rings. The third-order valence-corrected chi connectivity index (χ3v) is 3.95. The van der Waals surface area contributed by atoms with Gasteiger partial charge in [-0.05, 0) is 36.8 Å². The van der Waals surface area contributed by atoms with Crippen molar-refractivity contribution in [2.24, 2.45) is 5.73 Å². The van der Waals surface area contributed by atoms with E-state index in [2.05, 4.69) is 11.8 Å². The molecule has 3 N–H and O–H groups in total. The van der Waals surface area contributed by atoms with Gasteiger partial charge < -0.3 is 5.73 Å². The number of benzene rings is 1. The van der Waals surface area contributed by atoms with Crippen LogP contribution in [-0.2, 0) is 6.42 Å². The van der Waals surface area contributed by atoms with Crippen LogP contribution in [0.15, 0.2) is 36.4 Å². The maximum atomic E-state index is 12.9. The summed E-state index contributed by atoms with van der Waals surface area (Å²) in [5.41, 5.74) is 5.97. The predicted molar refractivity (Wildman–Crippen MR) is 83.1 cm³/mol. The summed E-state index contributed by atoms with van der Waals surface area (Å²) in [5, 5.41) is 9.71. The Labute approximate surface area is 131 Å². The van der Waals surface area contributed by atoms with Crippen LogP contribution in [0.1, 0.15) is 22.2 Å². The third kappa shape index (κ3) is 4.32. The van der Waals surface area contributed by atoms with Gasteiger partial charge in [-0.15, -0.1) is 11.3 Å². The number of hydrogen-bond donors (Lipinski definition) is 2. The van der Waals surface area contributed by atoms with E-state index in [4.69, 9.17) is 5.73 Å². The van der Waals surface area contributed by atoms with Crippen LogP contribution in [0.25, 0.3) is 0 Å². The normalized spacial score (nSPS) is 11.4. The predicted octanol–water partition coefficient (Wildman–Crippen LogP) is 2.99. The number of primary amides is 1. The zero-order chi connectivity index (χ0) is 16.1. The van der Waals surface area contributed by atoms with Crippen LogP contribution in [0.4, 0.5) is 9.18 Å². The number of nitrogens with zero attached hydrogens (tertiary/aromatic N) is 1. The van der Waals surface area contributed by atoms with E-state index in [1.54, 1.807) is 19.1 Å². The molecule has 2 aromatic rings. The van der Waals surface area contributed by atoms with Crippen LogP contribution in [0.3, 0.4) is 0 Å². The van der Waals surface area contributed by atoms with E-state index in [9.17, 15) is 14.4 Å². The van der Waals surface area contributed by atoms with E-state index in [0.717, 1.165) is 15.3 Å². The second kappa shape index (κ2) is 7.07. The summed E-state index contributed by atoms with van der Waals surface area (Å²) in [6.45, 7) is 1.57. The molecule has 1 unspecified atom stereocenters. The molecule has 0 spiro atoms. The first kappa shape index (κ1) is 16.0. The quantitative estimate of drug-likeness (QED) is 0.519. The minimum Gasteiger partial charge on any atom is -0.350 e. The number of urea groups is 1. The van der Waals surface area contributed by atoms with Gasteiger partial charge >= 0.3 is 6.03 Å². The van der Waals surface area contributed by atoms with Gasteiger partial charge in [0.2, 0.25) is 0 Å². The molecule has 0 saturated carbocycles. The van der Waals surface area contributed by atoms with E-state index in [1.165, 1.54) is 23.5 Å². The molecule has 1 aromatic carbocycles. The highest BCUT2D eigenvalue weighted by molar-refractivity contribution is 7.12. The fourth-order valence-electron chi connectivity index (χ4n) is 1.77. The standard InChI is InChI=1S/C16H15FN2O2S/c1-11(19(21)16(18)20)2-7-14-8-9-15(22-14)10-12-3-5-13(17)6-4-12/h3-6,8-9,11,21H,10H2,1H3,(H2,18,20). The largest absolute Gasteiger partial charge is 0.350 e. The molecule has 4 nitrogen and oxygen atoms in total. The summed E-state index contributed by atoms with van der Waals surface area (Å²) < 4.78 is 12.9. The highest BCUT2D eigenvalue weighted by Gasteiger charge is 2.11. The van der Waals surface area contributed by atoms with Crippen LogP contribution < -0.4 is 5.73 Å². The van der Waals surface area contributed by atoms with Gasteiger partial charge in [0.1, 0.15) is 11.9 Å². The summed E-state index contributed by atoms with van der Waals surface area (Å²) in [7, 11) is 0. The van der Waals surface area contributed by atoms with Crippen molar-refractivity contribution in [3.63, 3.8) is 0 Å². The number of carbonyl (C=O) groups is 1. The highest BCUT2D eigenvalue weighted by Crippen LogP contribution is 2.19. The Morgan fingerprint density at radius 1 is 1.36 bits per heavy atom. The Morgan fingerprint density at radius 3 is 2.68 bits per heavy atom. The Hall–Kier alpha value is -2.36. The molecule has 114 valence electrons. The number of hydrogen-bond acceptors (Lipinski definition) is 3. The van der Waals surface area contributed by atoms with E-state index >= 15 is 0 Å². The molecule has 0 aliphatic carbocycles. The smallest absolute Gasteiger partial charge is 0.339 e. The second-order valence-corrected chi connectivity index (χ2v) is 5.87. The minimum atomic E-state index is -0.940. The van der Waals surface area contributed by atoms with Gasteiger partial charge in [-0.2, -0.15) is 5.06 Å². The number of rotatable bonds is 3. The van der Waals surface area contributed by atoms with Crippen molar-refractivity contribution in [3.8, 4) is 11.8 Å². The lowest BCUT2D eigenvalue weighted by Gasteiger charge is -2.14. The van der Waals surface area contributed by atoms with Crippen molar-refractivity contribution in [2.75, 3.05) is 0 Å². The van der Waals surface area contributed by atoms with Gasteiger partial charge in [-0.25, -0.2) is 9.18 Å². The topological polar surface area (TPSA) is 66.6 Å². The van der Waals surface area contributed by atoms with Crippen LogP contribution in [-0.4, -0.2) is 22.3 Å². The first-order valence-corrected chi connectivity index (χ1v) is 7.39. The molecule has 22 heavy (non-hydrogen) atoms. The van der Waals surface area contributed by atoms with Crippen LogP contribution in [0.2, 0.25) is 0 Å². The van der Waals surface area contributed by atoms with Crippen molar-refractivity contribution in [2.45, 2.75) is 19.4 Å². The molecule has 1 aromatic heterocycles. The van der Waals surface area contributed by atoms with Crippen molar-refractivity contribution in [1.82, 2.24) is 5.06 Å². The van der Waals surface area contributed by atoms with E-state index < -0.39 is 12.1 Å². The number of halogens is 1. The summed E-state index contributed by atoms with van der Waals surface area (Å²) >= 11 is 1.51. The summed E-state index contributed by atoms with van der Waals surface area (Å²) in [4.78, 5) is 12.7. The lowest BCUT2D eigenvalue weighted by atomic mass is 10.1. The maximum absolute atomic E-state index is 12.9. The lowest BCUT2D eigenvalue weighted by Crippen LogP contribution is -2.38. The van der Waals surface area contributed by atoms with Crippen LogP contribution in [0, 0.1) is 17.7 Å². The third-order valence-electron chi connectivity index (χ3n) is 2.95. The summed E-state index contributed by atoms with van der Waals surface area (Å²) in [6, 6.07) is 8.57. The molecule has 0 aliphatic rings. The Balaban J connectivity index is 2.03. The Bertz CT molecular complexity index is 716. The van der Waals surface area contributed by atoms with Crippen molar-refractivity contribution >= 4 is 17.4 Å². The first-order valence-electron chi connectivity index (χ1n) is 6.58. The number of amides is 2. The summed E-state index contributed by atoms with van der Waals surface area (Å²) in [5.74, 6) is 5.39. The van der Waals surface area contributed by atoms with Gasteiger partial charge in [0.05, 0.1) is 4.88 Å².